The van der Waals surface area contributed by atoms with Gasteiger partial charge in [-0.1, -0.05) is 0 Å². The number of nitrogens with two attached hydrogens (primary N) is 1. The lowest BCUT2D eigenvalue weighted by molar-refractivity contribution is 0.198. The lowest BCUT2D eigenvalue weighted by Gasteiger charge is -2.28. The van der Waals surface area contributed by atoms with Gasteiger partial charge in [-0.15, -0.1) is 0 Å². The predicted molar refractivity (Wildman–Crippen MR) is 68.5 cm³/mol. The molecule has 2 aliphatic heterocycles. The van der Waals surface area contributed by atoms with Crippen LogP contribution < -0.4 is 5.73 Å². The highest BCUT2D eigenvalue weighted by molar-refractivity contribution is 4.88. The van der Waals surface area contributed by atoms with E-state index in [0.717, 1.165) is 12.5 Å². The molecule has 3 nitrogen and oxygen atoms in total. The Kier molecular flexibility index (Phi) is 4.22. The quantitative estimate of drug-likeness (QED) is 0.782. The first-order valence-corrected chi connectivity index (χ1v) is 6.90. The van der Waals surface area contributed by atoms with Crippen molar-refractivity contribution in [1.82, 2.24) is 9.80 Å². The van der Waals surface area contributed by atoms with Crippen molar-refractivity contribution in [3.05, 3.63) is 0 Å². The van der Waals surface area contributed by atoms with Crippen LogP contribution in [-0.4, -0.2) is 54.1 Å². The summed E-state index contributed by atoms with van der Waals surface area (Å²) in [5.74, 6) is 0. The molecule has 0 aromatic rings. The van der Waals surface area contributed by atoms with Crippen LogP contribution in [0, 0.1) is 0 Å². The van der Waals surface area contributed by atoms with Crippen LogP contribution in [0.1, 0.15) is 39.5 Å². The van der Waals surface area contributed by atoms with Crippen molar-refractivity contribution in [1.29, 1.82) is 0 Å². The minimum absolute atomic E-state index is 0.334. The van der Waals surface area contributed by atoms with Gasteiger partial charge in [0.1, 0.15) is 0 Å². The van der Waals surface area contributed by atoms with E-state index in [4.69, 9.17) is 5.73 Å². The SMILES string of the molecule is CC(N)CC(C)N1CCC(N2CCCC2)C1. The summed E-state index contributed by atoms with van der Waals surface area (Å²) in [6, 6.07) is 1.83. The molecular formula is C13H27N3. The van der Waals surface area contributed by atoms with Gasteiger partial charge < -0.3 is 5.73 Å². The molecule has 0 amide bonds. The molecule has 0 aromatic heterocycles. The van der Waals surface area contributed by atoms with E-state index in [2.05, 4.69) is 23.6 Å². The molecule has 0 aromatic carbocycles. The molecular weight excluding hydrogens is 198 g/mol. The second-order valence-corrected chi connectivity index (χ2v) is 5.74. The average Bonchev–Trinajstić information content (AvgIpc) is 2.87. The normalized spacial score (nSPS) is 32.1. The molecule has 3 heteroatoms. The first-order valence-electron chi connectivity index (χ1n) is 6.90. The molecule has 0 radical (unpaired) electrons. The topological polar surface area (TPSA) is 32.5 Å². The van der Waals surface area contributed by atoms with Gasteiger partial charge in [0.2, 0.25) is 0 Å². The summed E-state index contributed by atoms with van der Waals surface area (Å²) in [7, 11) is 0. The van der Waals surface area contributed by atoms with Gasteiger partial charge in [0.15, 0.2) is 0 Å². The van der Waals surface area contributed by atoms with E-state index in [9.17, 15) is 0 Å². The summed E-state index contributed by atoms with van der Waals surface area (Å²) in [5.41, 5.74) is 5.88. The molecule has 0 bridgehead atoms. The van der Waals surface area contributed by atoms with E-state index in [1.165, 1.54) is 45.4 Å². The van der Waals surface area contributed by atoms with Gasteiger partial charge in [-0.25, -0.2) is 0 Å². The first-order chi connectivity index (χ1) is 7.66. The lowest BCUT2D eigenvalue weighted by atomic mass is 10.1. The van der Waals surface area contributed by atoms with E-state index in [1.807, 2.05) is 0 Å². The van der Waals surface area contributed by atoms with Crippen LogP contribution in [-0.2, 0) is 0 Å². The minimum atomic E-state index is 0.334. The monoisotopic (exact) mass is 225 g/mol. The summed E-state index contributed by atoms with van der Waals surface area (Å²) in [6.45, 7) is 9.66. The van der Waals surface area contributed by atoms with Gasteiger partial charge in [0.25, 0.3) is 0 Å². The van der Waals surface area contributed by atoms with Crippen molar-refractivity contribution in [2.45, 2.75) is 57.7 Å². The molecule has 0 aliphatic carbocycles. The van der Waals surface area contributed by atoms with Crippen molar-refractivity contribution in [3.8, 4) is 0 Å². The van der Waals surface area contributed by atoms with Crippen molar-refractivity contribution < 1.29 is 0 Å². The zero-order valence-electron chi connectivity index (χ0n) is 10.9. The van der Waals surface area contributed by atoms with Crippen LogP contribution in [0.15, 0.2) is 0 Å². The number of rotatable bonds is 4. The standard InChI is InChI=1S/C13H27N3/c1-11(14)9-12(2)16-8-5-13(10-16)15-6-3-4-7-15/h11-13H,3-10,14H2,1-2H3. The third kappa shape index (κ3) is 2.96. The fraction of sp³-hybridized carbons (Fsp3) is 1.00. The molecule has 2 aliphatic rings. The fourth-order valence-corrected chi connectivity index (χ4v) is 3.26. The molecule has 2 N–H and O–H groups in total. The van der Waals surface area contributed by atoms with Crippen molar-refractivity contribution in [3.63, 3.8) is 0 Å². The second-order valence-electron chi connectivity index (χ2n) is 5.74. The van der Waals surface area contributed by atoms with Crippen LogP contribution in [0.25, 0.3) is 0 Å². The fourth-order valence-electron chi connectivity index (χ4n) is 3.26. The van der Waals surface area contributed by atoms with Gasteiger partial charge in [-0.3, -0.25) is 9.80 Å². The van der Waals surface area contributed by atoms with Gasteiger partial charge in [0.05, 0.1) is 0 Å². The van der Waals surface area contributed by atoms with Crippen LogP contribution >= 0.6 is 0 Å². The minimum Gasteiger partial charge on any atom is -0.328 e. The molecule has 2 heterocycles. The maximum atomic E-state index is 5.88. The molecule has 3 atom stereocenters. The number of likely N-dealkylation sites (tertiary alicyclic amines) is 2. The Hall–Kier alpha value is -0.120. The maximum absolute atomic E-state index is 5.88. The Morgan fingerprint density at radius 2 is 1.88 bits per heavy atom. The Morgan fingerprint density at radius 1 is 1.19 bits per heavy atom. The molecule has 2 rings (SSSR count). The van der Waals surface area contributed by atoms with Crippen molar-refractivity contribution in [2.24, 2.45) is 5.73 Å². The van der Waals surface area contributed by atoms with Crippen LogP contribution in [0.4, 0.5) is 0 Å². The Balaban J connectivity index is 1.78. The molecule has 2 saturated heterocycles. The van der Waals surface area contributed by atoms with Crippen LogP contribution in [0.2, 0.25) is 0 Å². The Labute approximate surface area is 100.0 Å². The molecule has 3 unspecified atom stereocenters. The molecule has 16 heavy (non-hydrogen) atoms. The molecule has 0 spiro atoms. The van der Waals surface area contributed by atoms with E-state index < -0.39 is 0 Å². The van der Waals surface area contributed by atoms with Crippen molar-refractivity contribution in [2.75, 3.05) is 26.2 Å². The predicted octanol–water partition coefficient (Wildman–Crippen LogP) is 1.28. The van der Waals surface area contributed by atoms with E-state index >= 15 is 0 Å². The van der Waals surface area contributed by atoms with E-state index in [-0.39, 0.29) is 0 Å². The molecule has 0 saturated carbocycles. The highest BCUT2D eigenvalue weighted by atomic mass is 15.3. The maximum Gasteiger partial charge on any atom is 0.0235 e. The number of nitrogens with zero attached hydrogens (tertiary/aromatic N) is 2. The third-order valence-corrected chi connectivity index (χ3v) is 4.19. The van der Waals surface area contributed by atoms with Crippen LogP contribution in [0.3, 0.4) is 0 Å². The zero-order chi connectivity index (χ0) is 11.5. The summed E-state index contributed by atoms with van der Waals surface area (Å²) in [4.78, 5) is 5.32. The summed E-state index contributed by atoms with van der Waals surface area (Å²) >= 11 is 0. The highest BCUT2D eigenvalue weighted by Crippen LogP contribution is 2.22. The first kappa shape index (κ1) is 12.3. The largest absolute Gasteiger partial charge is 0.328 e. The highest BCUT2D eigenvalue weighted by Gasteiger charge is 2.31. The summed E-state index contributed by atoms with van der Waals surface area (Å²) in [6.07, 6.45) is 5.31. The van der Waals surface area contributed by atoms with Gasteiger partial charge in [-0.2, -0.15) is 0 Å². The van der Waals surface area contributed by atoms with E-state index in [1.54, 1.807) is 0 Å². The van der Waals surface area contributed by atoms with Gasteiger partial charge >= 0.3 is 0 Å². The van der Waals surface area contributed by atoms with Gasteiger partial charge in [-0.05, 0) is 52.6 Å². The number of hydrogen-bond donors (Lipinski definition) is 1. The molecule has 2 fully saturated rings. The summed E-state index contributed by atoms with van der Waals surface area (Å²) in [5, 5.41) is 0. The third-order valence-electron chi connectivity index (χ3n) is 4.19. The van der Waals surface area contributed by atoms with E-state index in [0.29, 0.717) is 12.1 Å². The number of hydrogen-bond acceptors (Lipinski definition) is 3. The Bertz CT molecular complexity index is 211. The average molecular weight is 225 g/mol. The smallest absolute Gasteiger partial charge is 0.0235 e. The Morgan fingerprint density at radius 3 is 2.50 bits per heavy atom. The zero-order valence-corrected chi connectivity index (χ0v) is 10.9. The van der Waals surface area contributed by atoms with Gasteiger partial charge in [0, 0.05) is 31.2 Å². The van der Waals surface area contributed by atoms with Crippen molar-refractivity contribution >= 4 is 0 Å². The lowest BCUT2D eigenvalue weighted by Crippen LogP contribution is -2.39. The summed E-state index contributed by atoms with van der Waals surface area (Å²) < 4.78 is 0. The van der Waals surface area contributed by atoms with Crippen LogP contribution in [0.5, 0.6) is 0 Å². The second kappa shape index (κ2) is 5.48. The molecule has 94 valence electrons.